The van der Waals surface area contributed by atoms with Gasteiger partial charge in [-0.25, -0.2) is 9.48 Å². The third-order valence-corrected chi connectivity index (χ3v) is 3.16. The molecular formula is C15H11F6N3O3. The van der Waals surface area contributed by atoms with Crippen LogP contribution >= 0.6 is 0 Å². The number of alkyl halides is 6. The van der Waals surface area contributed by atoms with Crippen LogP contribution < -0.4 is 5.32 Å². The fourth-order valence-corrected chi connectivity index (χ4v) is 2.06. The highest BCUT2D eigenvalue weighted by Gasteiger charge is 2.41. The van der Waals surface area contributed by atoms with Crippen molar-refractivity contribution in [2.45, 2.75) is 19.3 Å². The molecule has 0 unspecified atom stereocenters. The molecule has 146 valence electrons. The van der Waals surface area contributed by atoms with Gasteiger partial charge in [0.15, 0.2) is 5.69 Å². The Morgan fingerprint density at radius 2 is 1.70 bits per heavy atom. The molecule has 0 atom stereocenters. The lowest BCUT2D eigenvalue weighted by atomic mass is 10.2. The van der Waals surface area contributed by atoms with Gasteiger partial charge in [0.1, 0.15) is 5.56 Å². The van der Waals surface area contributed by atoms with Crippen LogP contribution in [0.2, 0.25) is 0 Å². The summed E-state index contributed by atoms with van der Waals surface area (Å²) in [4.78, 5) is 22.6. The second-order valence-corrected chi connectivity index (χ2v) is 5.04. The summed E-state index contributed by atoms with van der Waals surface area (Å²) in [6, 6.07) is 3.93. The van der Waals surface area contributed by atoms with Crippen LogP contribution in [0.4, 0.5) is 32.0 Å². The molecular weight excluding hydrogens is 384 g/mol. The fourth-order valence-electron chi connectivity index (χ4n) is 2.06. The van der Waals surface area contributed by atoms with Crippen LogP contribution in [0.5, 0.6) is 0 Å². The van der Waals surface area contributed by atoms with Crippen molar-refractivity contribution in [1.82, 2.24) is 9.78 Å². The van der Waals surface area contributed by atoms with Gasteiger partial charge in [-0.3, -0.25) is 4.79 Å². The SMILES string of the molecule is CCOC(=O)c1cnn(-c2ccc(NC(=O)C(F)(F)F)cc2)c1C(F)(F)F. The van der Waals surface area contributed by atoms with Crippen LogP contribution in [-0.2, 0) is 15.7 Å². The Kier molecular flexibility index (Phi) is 5.47. The first-order valence-corrected chi connectivity index (χ1v) is 7.26. The maximum Gasteiger partial charge on any atom is 0.471 e. The topological polar surface area (TPSA) is 73.2 Å². The highest BCUT2D eigenvalue weighted by molar-refractivity contribution is 5.95. The minimum atomic E-state index is -5.11. The van der Waals surface area contributed by atoms with E-state index >= 15 is 0 Å². The fraction of sp³-hybridized carbons (Fsp3) is 0.267. The van der Waals surface area contributed by atoms with Gasteiger partial charge in [0.2, 0.25) is 0 Å². The first-order valence-electron chi connectivity index (χ1n) is 7.26. The molecule has 12 heteroatoms. The number of rotatable bonds is 4. The molecule has 0 bridgehead atoms. The second-order valence-electron chi connectivity index (χ2n) is 5.04. The number of benzene rings is 1. The number of nitrogens with zero attached hydrogens (tertiary/aromatic N) is 2. The molecule has 0 aliphatic carbocycles. The number of hydrogen-bond donors (Lipinski definition) is 1. The van der Waals surface area contributed by atoms with Gasteiger partial charge in [-0.2, -0.15) is 31.4 Å². The quantitative estimate of drug-likeness (QED) is 0.635. The first-order chi connectivity index (χ1) is 12.4. The Bertz CT molecular complexity index is 840. The second kappa shape index (κ2) is 7.29. The van der Waals surface area contributed by atoms with Crippen molar-refractivity contribution < 1.29 is 40.7 Å². The molecule has 0 saturated carbocycles. The highest BCUT2D eigenvalue weighted by atomic mass is 19.4. The first kappa shape index (κ1) is 20.3. The van der Waals surface area contributed by atoms with Crippen molar-refractivity contribution in [2.24, 2.45) is 0 Å². The molecule has 6 nitrogen and oxygen atoms in total. The van der Waals surface area contributed by atoms with E-state index in [-0.39, 0.29) is 18.0 Å². The number of anilines is 1. The summed E-state index contributed by atoms with van der Waals surface area (Å²) in [6.45, 7) is 1.28. The third-order valence-electron chi connectivity index (χ3n) is 3.16. The van der Waals surface area contributed by atoms with Gasteiger partial charge in [0.25, 0.3) is 0 Å². The van der Waals surface area contributed by atoms with E-state index < -0.39 is 35.5 Å². The van der Waals surface area contributed by atoms with E-state index in [1.165, 1.54) is 6.92 Å². The molecule has 2 aromatic rings. The van der Waals surface area contributed by atoms with Crippen molar-refractivity contribution in [2.75, 3.05) is 11.9 Å². The summed E-state index contributed by atoms with van der Waals surface area (Å²) in [5.74, 6) is -3.44. The molecule has 1 heterocycles. The summed E-state index contributed by atoms with van der Waals surface area (Å²) in [6.07, 6.45) is -9.39. The number of esters is 1. The van der Waals surface area contributed by atoms with Crippen molar-refractivity contribution in [3.8, 4) is 5.69 Å². The van der Waals surface area contributed by atoms with E-state index in [2.05, 4.69) is 9.84 Å². The number of carbonyl (C=O) groups excluding carboxylic acids is 2. The minimum Gasteiger partial charge on any atom is -0.462 e. The lowest BCUT2D eigenvalue weighted by molar-refractivity contribution is -0.167. The number of hydrogen-bond acceptors (Lipinski definition) is 4. The predicted molar refractivity (Wildman–Crippen MR) is 79.2 cm³/mol. The summed E-state index contributed by atoms with van der Waals surface area (Å²) in [5, 5.41) is 5.07. The number of nitrogens with one attached hydrogen (secondary N) is 1. The van der Waals surface area contributed by atoms with Crippen molar-refractivity contribution in [3.05, 3.63) is 41.7 Å². The zero-order valence-corrected chi connectivity index (χ0v) is 13.5. The number of aromatic nitrogens is 2. The molecule has 0 aliphatic rings. The predicted octanol–water partition coefficient (Wildman–Crippen LogP) is 3.57. The summed E-state index contributed by atoms with van der Waals surface area (Å²) < 4.78 is 81.7. The van der Waals surface area contributed by atoms with Crippen LogP contribution in [-0.4, -0.2) is 34.4 Å². The van der Waals surface area contributed by atoms with Crippen LogP contribution in [0, 0.1) is 0 Å². The Morgan fingerprint density at radius 1 is 1.11 bits per heavy atom. The Labute approximate surface area is 147 Å². The Morgan fingerprint density at radius 3 is 2.19 bits per heavy atom. The van der Waals surface area contributed by atoms with E-state index in [1.807, 2.05) is 0 Å². The summed E-state index contributed by atoms with van der Waals surface area (Å²) in [5.41, 5.74) is -2.68. The van der Waals surface area contributed by atoms with Gasteiger partial charge >= 0.3 is 24.2 Å². The lowest BCUT2D eigenvalue weighted by Gasteiger charge is -2.13. The zero-order chi connectivity index (χ0) is 20.4. The average Bonchev–Trinajstić information content (AvgIpc) is 3.00. The van der Waals surface area contributed by atoms with E-state index in [0.717, 1.165) is 24.3 Å². The molecule has 1 aromatic carbocycles. The van der Waals surface area contributed by atoms with Crippen LogP contribution in [0.3, 0.4) is 0 Å². The Hall–Kier alpha value is -3.05. The monoisotopic (exact) mass is 395 g/mol. The van der Waals surface area contributed by atoms with Crippen molar-refractivity contribution >= 4 is 17.6 Å². The van der Waals surface area contributed by atoms with Gasteiger partial charge in [-0.1, -0.05) is 0 Å². The van der Waals surface area contributed by atoms with Crippen LogP contribution in [0.1, 0.15) is 23.0 Å². The standard InChI is InChI=1S/C15H11F6N3O3/c1-2-27-12(25)10-7-22-24(11(10)14(16,17)18)9-5-3-8(4-6-9)23-13(26)15(19,20)21/h3-7H,2H2,1H3,(H,23,26). The largest absolute Gasteiger partial charge is 0.471 e. The van der Waals surface area contributed by atoms with Crippen molar-refractivity contribution in [1.29, 1.82) is 0 Å². The summed E-state index contributed by atoms with van der Waals surface area (Å²) in [7, 11) is 0. The van der Waals surface area contributed by atoms with Crippen molar-refractivity contribution in [3.63, 3.8) is 0 Å². The number of amides is 1. The lowest BCUT2D eigenvalue weighted by Crippen LogP contribution is -2.29. The van der Waals surface area contributed by atoms with Gasteiger partial charge < -0.3 is 10.1 Å². The number of ether oxygens (including phenoxy) is 1. The van der Waals surface area contributed by atoms with Crippen LogP contribution in [0.25, 0.3) is 5.69 Å². The average molecular weight is 395 g/mol. The van der Waals surface area contributed by atoms with Gasteiger partial charge in [-0.15, -0.1) is 0 Å². The number of carbonyl (C=O) groups is 2. The maximum atomic E-state index is 13.4. The van der Waals surface area contributed by atoms with Gasteiger partial charge in [0.05, 0.1) is 18.5 Å². The third kappa shape index (κ3) is 4.57. The molecule has 1 amide bonds. The molecule has 0 fully saturated rings. The molecule has 0 radical (unpaired) electrons. The molecule has 0 aliphatic heterocycles. The smallest absolute Gasteiger partial charge is 0.462 e. The maximum absolute atomic E-state index is 13.4. The van der Waals surface area contributed by atoms with E-state index in [0.29, 0.717) is 10.9 Å². The molecule has 1 aromatic heterocycles. The van der Waals surface area contributed by atoms with Crippen LogP contribution in [0.15, 0.2) is 30.5 Å². The number of halogens is 6. The summed E-state index contributed by atoms with van der Waals surface area (Å²) >= 11 is 0. The normalized spacial score (nSPS) is 12.0. The van der Waals surface area contributed by atoms with E-state index in [9.17, 15) is 35.9 Å². The van der Waals surface area contributed by atoms with Gasteiger partial charge in [0, 0.05) is 5.69 Å². The molecule has 0 spiro atoms. The molecule has 1 N–H and O–H groups in total. The van der Waals surface area contributed by atoms with E-state index in [1.54, 1.807) is 5.32 Å². The molecule has 27 heavy (non-hydrogen) atoms. The molecule has 2 rings (SSSR count). The highest BCUT2D eigenvalue weighted by Crippen LogP contribution is 2.34. The van der Waals surface area contributed by atoms with E-state index in [4.69, 9.17) is 0 Å². The van der Waals surface area contributed by atoms with Gasteiger partial charge in [-0.05, 0) is 31.2 Å². The zero-order valence-electron chi connectivity index (χ0n) is 13.5. The molecule has 0 saturated heterocycles. The minimum absolute atomic E-state index is 0.144. The Balaban J connectivity index is 2.38.